The van der Waals surface area contributed by atoms with Crippen molar-refractivity contribution in [2.75, 3.05) is 6.54 Å². The number of aliphatic carboxylic acids is 1. The zero-order valence-electron chi connectivity index (χ0n) is 10.7. The van der Waals surface area contributed by atoms with Gasteiger partial charge >= 0.3 is 5.97 Å². The van der Waals surface area contributed by atoms with Crippen LogP contribution < -0.4 is 0 Å². The van der Waals surface area contributed by atoms with Gasteiger partial charge in [-0.1, -0.05) is 23.7 Å². The third-order valence-electron chi connectivity index (χ3n) is 3.70. The molecule has 5 heteroatoms. The van der Waals surface area contributed by atoms with Gasteiger partial charge in [-0.15, -0.1) is 0 Å². The maximum absolute atomic E-state index is 11.9. The lowest BCUT2D eigenvalue weighted by atomic mass is 9.83. The van der Waals surface area contributed by atoms with Crippen LogP contribution in [-0.2, 0) is 15.1 Å². The minimum Gasteiger partial charge on any atom is -0.479 e. The lowest BCUT2D eigenvalue weighted by molar-refractivity contribution is -0.158. The summed E-state index contributed by atoms with van der Waals surface area (Å²) in [6.07, 6.45) is 2.26. The van der Waals surface area contributed by atoms with E-state index in [0.29, 0.717) is 23.5 Å². The second-order valence-electron chi connectivity index (χ2n) is 4.74. The van der Waals surface area contributed by atoms with Crippen molar-refractivity contribution in [3.63, 3.8) is 0 Å². The second-order valence-corrected chi connectivity index (χ2v) is 5.18. The summed E-state index contributed by atoms with van der Waals surface area (Å²) in [7, 11) is 0. The zero-order valence-corrected chi connectivity index (χ0v) is 11.4. The predicted octanol–water partition coefficient (Wildman–Crippen LogP) is 2.51. The minimum atomic E-state index is -1.26. The van der Waals surface area contributed by atoms with E-state index in [4.69, 9.17) is 11.6 Å². The first-order chi connectivity index (χ1) is 9.07. The number of carbonyl (C=O) groups is 2. The second kappa shape index (κ2) is 5.21. The van der Waals surface area contributed by atoms with E-state index in [1.165, 1.54) is 4.90 Å². The van der Waals surface area contributed by atoms with E-state index in [1.807, 2.05) is 0 Å². The molecule has 1 saturated carbocycles. The van der Waals surface area contributed by atoms with Gasteiger partial charge in [-0.25, -0.2) is 4.79 Å². The summed E-state index contributed by atoms with van der Waals surface area (Å²) < 4.78 is 0. The quantitative estimate of drug-likeness (QED) is 0.815. The average Bonchev–Trinajstić information content (AvgIpc) is 3.21. The van der Waals surface area contributed by atoms with Gasteiger partial charge in [0.15, 0.2) is 5.54 Å². The number of halogens is 1. The Morgan fingerprint density at radius 3 is 2.42 bits per heavy atom. The number of likely N-dealkylation sites (N-methyl/N-ethyl adjacent to an activating group) is 1. The highest BCUT2D eigenvalue weighted by Gasteiger charge is 2.56. The highest BCUT2D eigenvalue weighted by atomic mass is 35.5. The van der Waals surface area contributed by atoms with Crippen molar-refractivity contribution in [1.82, 2.24) is 4.90 Å². The van der Waals surface area contributed by atoms with Gasteiger partial charge in [0.05, 0.1) is 0 Å². The van der Waals surface area contributed by atoms with Gasteiger partial charge in [-0.05, 0) is 43.4 Å². The molecule has 0 aromatic heterocycles. The maximum Gasteiger partial charge on any atom is 0.334 e. The normalized spacial score (nSPS) is 17.6. The monoisotopic (exact) mass is 281 g/mol. The lowest BCUT2D eigenvalue weighted by Gasteiger charge is -2.38. The molecule has 1 aliphatic carbocycles. The Kier molecular flexibility index (Phi) is 3.80. The number of carboxylic acid groups (broad SMARTS) is 1. The van der Waals surface area contributed by atoms with E-state index >= 15 is 0 Å². The van der Waals surface area contributed by atoms with Crippen molar-refractivity contribution in [2.24, 2.45) is 5.92 Å². The molecule has 0 aliphatic heterocycles. The Balaban J connectivity index is 2.57. The first kappa shape index (κ1) is 13.9. The van der Waals surface area contributed by atoms with Crippen LogP contribution in [0.2, 0.25) is 5.02 Å². The molecular weight excluding hydrogens is 266 g/mol. The number of carbonyl (C=O) groups excluding carboxylic acids is 1. The summed E-state index contributed by atoms with van der Waals surface area (Å²) >= 11 is 5.85. The van der Waals surface area contributed by atoms with Crippen molar-refractivity contribution in [3.05, 3.63) is 34.9 Å². The van der Waals surface area contributed by atoms with Crippen LogP contribution >= 0.6 is 11.6 Å². The van der Waals surface area contributed by atoms with Crippen LogP contribution in [0.1, 0.15) is 25.3 Å². The number of hydrogen-bond acceptors (Lipinski definition) is 2. The molecule has 102 valence electrons. The van der Waals surface area contributed by atoms with Crippen molar-refractivity contribution < 1.29 is 14.7 Å². The fraction of sp³-hybridized carbons (Fsp3) is 0.429. The molecule has 0 radical (unpaired) electrons. The predicted molar refractivity (Wildman–Crippen MR) is 71.9 cm³/mol. The molecule has 19 heavy (non-hydrogen) atoms. The summed E-state index contributed by atoms with van der Waals surface area (Å²) in [6.45, 7) is 2.14. The highest BCUT2D eigenvalue weighted by molar-refractivity contribution is 6.30. The molecule has 1 aromatic rings. The van der Waals surface area contributed by atoms with Gasteiger partial charge in [0, 0.05) is 11.6 Å². The van der Waals surface area contributed by atoms with Crippen molar-refractivity contribution in [3.8, 4) is 0 Å². The van der Waals surface area contributed by atoms with Crippen molar-refractivity contribution in [1.29, 1.82) is 0 Å². The minimum absolute atomic E-state index is 0.0312. The van der Waals surface area contributed by atoms with E-state index in [0.717, 1.165) is 12.8 Å². The molecule has 1 aliphatic rings. The van der Waals surface area contributed by atoms with Gasteiger partial charge in [0.25, 0.3) is 0 Å². The van der Waals surface area contributed by atoms with E-state index in [2.05, 4.69) is 0 Å². The molecule has 2 rings (SSSR count). The fourth-order valence-electron chi connectivity index (χ4n) is 2.67. The molecule has 0 spiro atoms. The van der Waals surface area contributed by atoms with E-state index in [-0.39, 0.29) is 5.92 Å². The first-order valence-corrected chi connectivity index (χ1v) is 6.66. The summed E-state index contributed by atoms with van der Waals surface area (Å²) in [5.41, 5.74) is -0.651. The van der Waals surface area contributed by atoms with Gasteiger partial charge in [0.2, 0.25) is 6.41 Å². The molecule has 0 bridgehead atoms. The largest absolute Gasteiger partial charge is 0.479 e. The van der Waals surface area contributed by atoms with Crippen molar-refractivity contribution in [2.45, 2.75) is 25.3 Å². The van der Waals surface area contributed by atoms with E-state index in [1.54, 1.807) is 31.2 Å². The van der Waals surface area contributed by atoms with Gasteiger partial charge < -0.3 is 10.0 Å². The summed E-state index contributed by atoms with van der Waals surface area (Å²) in [6, 6.07) is 6.72. The fourth-order valence-corrected chi connectivity index (χ4v) is 2.80. The van der Waals surface area contributed by atoms with Gasteiger partial charge in [-0.2, -0.15) is 0 Å². The molecule has 1 atom stereocenters. The summed E-state index contributed by atoms with van der Waals surface area (Å²) in [5.74, 6) is -1.01. The molecule has 1 N–H and O–H groups in total. The van der Waals surface area contributed by atoms with Crippen molar-refractivity contribution >= 4 is 24.0 Å². The standard InChI is InChI=1S/C14H16ClNO3/c1-2-16(9-17)14(13(18)19,10-3-4-10)11-5-7-12(15)8-6-11/h5-10H,2-4H2,1H3,(H,18,19). The Bertz CT molecular complexity index is 484. The van der Waals surface area contributed by atoms with Gasteiger partial charge in [0.1, 0.15) is 0 Å². The van der Waals surface area contributed by atoms with Crippen LogP contribution in [0, 0.1) is 5.92 Å². The summed E-state index contributed by atoms with van der Waals surface area (Å²) in [4.78, 5) is 24.6. The Hall–Kier alpha value is -1.55. The smallest absolute Gasteiger partial charge is 0.334 e. The molecule has 1 fully saturated rings. The Morgan fingerprint density at radius 2 is 2.05 bits per heavy atom. The topological polar surface area (TPSA) is 57.6 Å². The van der Waals surface area contributed by atoms with Gasteiger partial charge in [-0.3, -0.25) is 4.79 Å². The van der Waals surface area contributed by atoms with E-state index < -0.39 is 11.5 Å². The van der Waals surface area contributed by atoms with Crippen LogP contribution in [0.15, 0.2) is 24.3 Å². The average molecular weight is 282 g/mol. The molecule has 0 heterocycles. The molecule has 0 saturated heterocycles. The third-order valence-corrected chi connectivity index (χ3v) is 3.95. The van der Waals surface area contributed by atoms with E-state index in [9.17, 15) is 14.7 Å². The number of rotatable bonds is 6. The highest BCUT2D eigenvalue weighted by Crippen LogP contribution is 2.49. The molecular formula is C14H16ClNO3. The summed E-state index contributed by atoms with van der Waals surface area (Å²) in [5, 5.41) is 10.3. The number of amides is 1. The maximum atomic E-state index is 11.9. The Labute approximate surface area is 117 Å². The van der Waals surface area contributed by atoms with Crippen LogP contribution in [0.3, 0.4) is 0 Å². The molecule has 4 nitrogen and oxygen atoms in total. The lowest BCUT2D eigenvalue weighted by Crippen LogP contribution is -2.53. The number of benzene rings is 1. The number of hydrogen-bond donors (Lipinski definition) is 1. The van der Waals surface area contributed by atoms with Crippen LogP contribution in [0.5, 0.6) is 0 Å². The molecule has 1 aromatic carbocycles. The SMILES string of the molecule is CCN(C=O)C(C(=O)O)(c1ccc(Cl)cc1)C1CC1. The third kappa shape index (κ3) is 2.21. The molecule has 1 unspecified atom stereocenters. The van der Waals surface area contributed by atoms with Crippen LogP contribution in [0.25, 0.3) is 0 Å². The molecule has 1 amide bonds. The van der Waals surface area contributed by atoms with Crippen LogP contribution in [-0.4, -0.2) is 28.9 Å². The van der Waals surface area contributed by atoms with Crippen LogP contribution in [0.4, 0.5) is 0 Å². The number of carboxylic acids is 1. The first-order valence-electron chi connectivity index (χ1n) is 6.28. The number of nitrogens with zero attached hydrogens (tertiary/aromatic N) is 1. The zero-order chi connectivity index (χ0) is 14.0. The Morgan fingerprint density at radius 1 is 1.47 bits per heavy atom.